The largest absolute Gasteiger partial charge is 0.379 e. The Labute approximate surface area is 193 Å². The van der Waals surface area contributed by atoms with Gasteiger partial charge in [-0.1, -0.05) is 24.3 Å². The molecule has 3 heterocycles. The summed E-state index contributed by atoms with van der Waals surface area (Å²) in [5.41, 5.74) is 7.49. The van der Waals surface area contributed by atoms with Crippen LogP contribution in [0.2, 0.25) is 0 Å². The van der Waals surface area contributed by atoms with Gasteiger partial charge in [-0.2, -0.15) is 17.1 Å². The summed E-state index contributed by atoms with van der Waals surface area (Å²) in [6, 6.07) is 10.9. The van der Waals surface area contributed by atoms with E-state index in [4.69, 9.17) is 10.5 Å². The number of benzene rings is 1. The van der Waals surface area contributed by atoms with Crippen LogP contribution >= 0.6 is 0 Å². The zero-order valence-corrected chi connectivity index (χ0v) is 19.4. The van der Waals surface area contributed by atoms with Crippen LogP contribution in [0, 0.1) is 5.95 Å². The van der Waals surface area contributed by atoms with Crippen molar-refractivity contribution in [2.45, 2.75) is 25.9 Å². The van der Waals surface area contributed by atoms with Crippen molar-refractivity contribution in [3.05, 3.63) is 65.9 Å². The molecule has 0 spiro atoms. The molecule has 0 saturated carbocycles. The molecule has 178 valence electrons. The molecule has 1 aliphatic heterocycles. The number of aromatic nitrogens is 2. The van der Waals surface area contributed by atoms with Crippen LogP contribution in [0.15, 0.2) is 48.8 Å². The average molecular weight is 476 g/mol. The molecule has 4 rings (SSSR count). The molecule has 10 heteroatoms. The Bertz CT molecular complexity index is 1180. The predicted octanol–water partition coefficient (Wildman–Crippen LogP) is 2.34. The summed E-state index contributed by atoms with van der Waals surface area (Å²) in [7, 11) is -3.65. The van der Waals surface area contributed by atoms with Gasteiger partial charge in [0.1, 0.15) is 0 Å². The summed E-state index contributed by atoms with van der Waals surface area (Å²) in [5, 5.41) is 0.861. The van der Waals surface area contributed by atoms with Crippen LogP contribution in [0.5, 0.6) is 0 Å². The lowest BCUT2D eigenvalue weighted by Crippen LogP contribution is -2.32. The normalized spacial score (nSPS) is 15.1. The molecule has 2 aromatic heterocycles. The van der Waals surface area contributed by atoms with E-state index in [9.17, 15) is 12.8 Å². The monoisotopic (exact) mass is 475 g/mol. The highest BCUT2D eigenvalue weighted by Gasteiger charge is 2.29. The quantitative estimate of drug-likeness (QED) is 0.338. The lowest BCUT2D eigenvalue weighted by Gasteiger charge is -2.22. The lowest BCUT2D eigenvalue weighted by atomic mass is 10.1. The van der Waals surface area contributed by atoms with Crippen molar-refractivity contribution in [3.8, 4) is 0 Å². The molecule has 0 bridgehead atoms. The number of nitrogens with zero attached hydrogens (tertiary/aromatic N) is 4. The van der Waals surface area contributed by atoms with Gasteiger partial charge < -0.3 is 10.5 Å². The van der Waals surface area contributed by atoms with Crippen molar-refractivity contribution in [2.75, 3.05) is 39.4 Å². The molecule has 3 aromatic rings. The molecule has 0 aliphatic carbocycles. The topological polar surface area (TPSA) is 93.7 Å². The first-order valence-corrected chi connectivity index (χ1v) is 12.6. The van der Waals surface area contributed by atoms with Gasteiger partial charge in [-0.15, -0.1) is 0 Å². The van der Waals surface area contributed by atoms with Gasteiger partial charge in [-0.25, -0.2) is 8.96 Å². The highest BCUT2D eigenvalue weighted by atomic mass is 32.2. The number of hydrogen-bond donors (Lipinski definition) is 1. The molecule has 33 heavy (non-hydrogen) atoms. The summed E-state index contributed by atoms with van der Waals surface area (Å²) in [6.45, 7) is 3.68. The van der Waals surface area contributed by atoms with Crippen LogP contribution in [0.4, 0.5) is 4.39 Å². The fraction of sp³-hybridized carbons (Fsp3) is 0.435. The van der Waals surface area contributed by atoms with E-state index < -0.39 is 16.2 Å². The summed E-state index contributed by atoms with van der Waals surface area (Å²) >= 11 is 0. The van der Waals surface area contributed by atoms with Gasteiger partial charge in [-0.3, -0.25) is 4.90 Å². The van der Waals surface area contributed by atoms with Crippen molar-refractivity contribution in [2.24, 2.45) is 5.73 Å². The Morgan fingerprint density at radius 2 is 1.82 bits per heavy atom. The van der Waals surface area contributed by atoms with E-state index in [2.05, 4.69) is 4.98 Å². The standard InChI is InChI=1S/C23H30FN5O3S/c24-23-19(6-5-10-26-23)16-27(13-15-32-14-9-25)17-20-18-29(22-8-2-1-7-21(20)22)33(30,31)28-11-3-4-12-28/h1-2,5-8,10,18H,3-4,9,11-17,25H2. The Morgan fingerprint density at radius 3 is 2.58 bits per heavy atom. The number of rotatable bonds is 11. The Hall–Kier alpha value is -2.37. The Morgan fingerprint density at radius 1 is 1.06 bits per heavy atom. The van der Waals surface area contributed by atoms with Crippen molar-refractivity contribution in [1.29, 1.82) is 0 Å². The maximum Gasteiger partial charge on any atom is 0.307 e. The number of fused-ring (bicyclic) bond motifs is 1. The summed E-state index contributed by atoms with van der Waals surface area (Å²) in [4.78, 5) is 5.78. The second-order valence-corrected chi connectivity index (χ2v) is 9.95. The number of pyridine rings is 1. The summed E-state index contributed by atoms with van der Waals surface area (Å²) < 4.78 is 49.3. The number of nitrogens with two attached hydrogens (primary N) is 1. The number of ether oxygens (including phenoxy) is 1. The van der Waals surface area contributed by atoms with Gasteiger partial charge in [0.2, 0.25) is 5.95 Å². The smallest absolute Gasteiger partial charge is 0.307 e. The van der Waals surface area contributed by atoms with E-state index in [1.165, 1.54) is 14.5 Å². The van der Waals surface area contributed by atoms with Gasteiger partial charge in [-0.05, 0) is 30.5 Å². The molecule has 1 fully saturated rings. The number of para-hydroxylation sites is 1. The molecule has 8 nitrogen and oxygen atoms in total. The predicted molar refractivity (Wildman–Crippen MR) is 125 cm³/mol. The van der Waals surface area contributed by atoms with Gasteiger partial charge in [0.05, 0.1) is 18.7 Å². The average Bonchev–Trinajstić information content (AvgIpc) is 3.48. The third-order valence-corrected chi connectivity index (χ3v) is 7.66. The fourth-order valence-electron chi connectivity index (χ4n) is 4.19. The molecule has 0 unspecified atom stereocenters. The zero-order chi connectivity index (χ0) is 23.3. The van der Waals surface area contributed by atoms with Gasteiger partial charge in [0, 0.05) is 62.6 Å². The molecule has 0 radical (unpaired) electrons. The zero-order valence-electron chi connectivity index (χ0n) is 18.6. The maximum absolute atomic E-state index is 14.2. The number of hydrogen-bond acceptors (Lipinski definition) is 6. The lowest BCUT2D eigenvalue weighted by molar-refractivity contribution is 0.103. The van der Waals surface area contributed by atoms with Crippen molar-refractivity contribution >= 4 is 21.1 Å². The minimum Gasteiger partial charge on any atom is -0.379 e. The van der Waals surface area contributed by atoms with Crippen molar-refractivity contribution in [3.63, 3.8) is 0 Å². The molecule has 0 atom stereocenters. The fourth-order valence-corrected chi connectivity index (χ4v) is 5.83. The first kappa shape index (κ1) is 23.8. The molecule has 2 N–H and O–H groups in total. The van der Waals surface area contributed by atoms with E-state index in [0.29, 0.717) is 63.6 Å². The highest BCUT2D eigenvalue weighted by molar-refractivity contribution is 7.87. The van der Waals surface area contributed by atoms with Gasteiger partial charge in [0.15, 0.2) is 0 Å². The maximum atomic E-state index is 14.2. The summed E-state index contributed by atoms with van der Waals surface area (Å²) in [6.07, 6.45) is 4.87. The minimum absolute atomic E-state index is 0.323. The first-order chi connectivity index (χ1) is 16.0. The van der Waals surface area contributed by atoms with Crippen LogP contribution in [-0.2, 0) is 28.0 Å². The Kier molecular flexibility index (Phi) is 7.71. The van der Waals surface area contributed by atoms with Crippen LogP contribution in [-0.4, -0.2) is 66.0 Å². The van der Waals surface area contributed by atoms with Crippen LogP contribution in [0.1, 0.15) is 24.0 Å². The van der Waals surface area contributed by atoms with E-state index in [0.717, 1.165) is 23.8 Å². The molecular weight excluding hydrogens is 445 g/mol. The van der Waals surface area contributed by atoms with E-state index in [-0.39, 0.29) is 0 Å². The van der Waals surface area contributed by atoms with Gasteiger partial charge in [0.25, 0.3) is 0 Å². The van der Waals surface area contributed by atoms with Crippen LogP contribution in [0.25, 0.3) is 10.9 Å². The molecule has 1 saturated heterocycles. The molecule has 0 amide bonds. The second kappa shape index (κ2) is 10.7. The summed E-state index contributed by atoms with van der Waals surface area (Å²) in [5.74, 6) is -0.510. The van der Waals surface area contributed by atoms with Crippen LogP contribution < -0.4 is 5.73 Å². The van der Waals surface area contributed by atoms with E-state index in [1.54, 1.807) is 18.3 Å². The minimum atomic E-state index is -3.65. The molecular formula is C23H30FN5O3S. The third kappa shape index (κ3) is 5.42. The van der Waals surface area contributed by atoms with E-state index in [1.807, 2.05) is 29.2 Å². The molecule has 1 aliphatic rings. The Balaban J connectivity index is 1.64. The highest BCUT2D eigenvalue weighted by Crippen LogP contribution is 2.27. The van der Waals surface area contributed by atoms with Gasteiger partial charge >= 0.3 is 10.2 Å². The van der Waals surface area contributed by atoms with Crippen LogP contribution in [0.3, 0.4) is 0 Å². The molecule has 1 aromatic carbocycles. The third-order valence-electron chi connectivity index (χ3n) is 5.84. The first-order valence-electron chi connectivity index (χ1n) is 11.2. The van der Waals surface area contributed by atoms with E-state index >= 15 is 0 Å². The SMILES string of the molecule is NCCOCCN(Cc1cccnc1F)Cc1cn(S(=O)(=O)N2CCCC2)c2ccccc12. The van der Waals surface area contributed by atoms with Crippen molar-refractivity contribution < 1.29 is 17.5 Å². The van der Waals surface area contributed by atoms with Crippen molar-refractivity contribution in [1.82, 2.24) is 18.2 Å². The second-order valence-electron chi connectivity index (χ2n) is 8.15. The number of halogens is 1.